The largest absolute Gasteiger partial charge is 0.444 e. The molecular weight excluding hydrogens is 394 g/mol. The summed E-state index contributed by atoms with van der Waals surface area (Å²) < 4.78 is 5.23. The monoisotopic (exact) mass is 431 g/mol. The van der Waals surface area contributed by atoms with Gasteiger partial charge in [-0.2, -0.15) is 0 Å². The average Bonchev–Trinajstić information content (AvgIpc) is 3.54. The SMILES string of the molecule is CCCCNC(=O)C(c1ccc(CC)cc1)N(C(=O)CNC(=O)OC(C)(C)C)C1CC1. The third-order valence-electron chi connectivity index (χ3n) is 5.07. The topological polar surface area (TPSA) is 87.7 Å². The summed E-state index contributed by atoms with van der Waals surface area (Å²) in [4.78, 5) is 39.9. The quantitative estimate of drug-likeness (QED) is 0.553. The van der Waals surface area contributed by atoms with Crippen LogP contribution in [0.25, 0.3) is 0 Å². The summed E-state index contributed by atoms with van der Waals surface area (Å²) in [5, 5.41) is 5.51. The Bertz CT molecular complexity index is 751. The van der Waals surface area contributed by atoms with Crippen molar-refractivity contribution < 1.29 is 19.1 Å². The van der Waals surface area contributed by atoms with E-state index in [0.29, 0.717) is 6.54 Å². The first-order valence-electron chi connectivity index (χ1n) is 11.3. The van der Waals surface area contributed by atoms with Crippen molar-refractivity contribution in [1.29, 1.82) is 0 Å². The number of carbonyl (C=O) groups excluding carboxylic acids is 3. The normalized spacial score (nSPS) is 14.5. The van der Waals surface area contributed by atoms with E-state index in [-0.39, 0.29) is 24.4 Å². The predicted molar refractivity (Wildman–Crippen MR) is 121 cm³/mol. The Morgan fingerprint density at radius 1 is 1.10 bits per heavy atom. The van der Waals surface area contributed by atoms with E-state index in [1.54, 1.807) is 25.7 Å². The van der Waals surface area contributed by atoms with Crippen LogP contribution in [0.3, 0.4) is 0 Å². The van der Waals surface area contributed by atoms with Gasteiger partial charge in [-0.25, -0.2) is 4.79 Å². The fraction of sp³-hybridized carbons (Fsp3) is 0.625. The van der Waals surface area contributed by atoms with Gasteiger partial charge in [-0.15, -0.1) is 0 Å². The van der Waals surface area contributed by atoms with Crippen LogP contribution in [0.5, 0.6) is 0 Å². The van der Waals surface area contributed by atoms with E-state index in [0.717, 1.165) is 37.7 Å². The molecule has 2 N–H and O–H groups in total. The summed E-state index contributed by atoms with van der Waals surface area (Å²) >= 11 is 0. The first-order valence-corrected chi connectivity index (χ1v) is 11.3. The maximum absolute atomic E-state index is 13.2. The highest BCUT2D eigenvalue weighted by atomic mass is 16.6. The number of amides is 3. The zero-order chi connectivity index (χ0) is 23.0. The van der Waals surface area contributed by atoms with Gasteiger partial charge in [0.1, 0.15) is 18.2 Å². The molecule has 7 nitrogen and oxygen atoms in total. The molecule has 1 fully saturated rings. The minimum absolute atomic E-state index is 0.000660. The number of unbranched alkanes of at least 4 members (excludes halogenated alkanes) is 1. The Morgan fingerprint density at radius 3 is 2.26 bits per heavy atom. The fourth-order valence-corrected chi connectivity index (χ4v) is 3.32. The molecule has 172 valence electrons. The molecule has 0 aliphatic heterocycles. The first-order chi connectivity index (χ1) is 14.7. The highest BCUT2D eigenvalue weighted by Gasteiger charge is 2.41. The molecule has 2 rings (SSSR count). The van der Waals surface area contributed by atoms with Crippen LogP contribution in [0, 0.1) is 0 Å². The van der Waals surface area contributed by atoms with Crippen LogP contribution in [0.1, 0.15) is 77.5 Å². The number of rotatable bonds is 10. The number of nitrogens with zero attached hydrogens (tertiary/aromatic N) is 1. The molecule has 0 bridgehead atoms. The fourth-order valence-electron chi connectivity index (χ4n) is 3.32. The van der Waals surface area contributed by atoms with Crippen molar-refractivity contribution in [1.82, 2.24) is 15.5 Å². The number of carbonyl (C=O) groups is 3. The van der Waals surface area contributed by atoms with Gasteiger partial charge in [-0.05, 0) is 57.6 Å². The van der Waals surface area contributed by atoms with E-state index in [9.17, 15) is 14.4 Å². The Morgan fingerprint density at radius 2 is 1.74 bits per heavy atom. The minimum atomic E-state index is -0.719. The van der Waals surface area contributed by atoms with Gasteiger partial charge < -0.3 is 20.3 Å². The highest BCUT2D eigenvalue weighted by molar-refractivity contribution is 5.90. The third-order valence-corrected chi connectivity index (χ3v) is 5.07. The molecular formula is C24H37N3O4. The third kappa shape index (κ3) is 7.89. The standard InChI is InChI=1S/C24H37N3O4/c1-6-8-15-25-22(29)21(18-11-9-17(7-2)10-12-18)27(19-13-14-19)20(28)16-26-23(30)31-24(3,4)5/h9-12,19,21H,6-8,13-16H2,1-5H3,(H,25,29)(H,26,30). The summed E-state index contributed by atoms with van der Waals surface area (Å²) in [6.45, 7) is 9.80. The zero-order valence-electron chi connectivity index (χ0n) is 19.5. The number of aryl methyl sites for hydroxylation is 1. The Labute approximate surface area is 185 Å². The number of nitrogens with one attached hydrogen (secondary N) is 2. The van der Waals surface area contributed by atoms with Crippen molar-refractivity contribution in [3.8, 4) is 0 Å². The van der Waals surface area contributed by atoms with Gasteiger partial charge in [0.05, 0.1) is 0 Å². The van der Waals surface area contributed by atoms with Gasteiger partial charge in [0.2, 0.25) is 11.8 Å². The van der Waals surface area contributed by atoms with Crippen LogP contribution in [-0.4, -0.2) is 47.5 Å². The Balaban J connectivity index is 2.21. The molecule has 1 atom stereocenters. The van der Waals surface area contributed by atoms with Crippen LogP contribution in [0.2, 0.25) is 0 Å². The molecule has 0 heterocycles. The molecule has 1 aromatic rings. The maximum atomic E-state index is 13.2. The summed E-state index contributed by atoms with van der Waals surface area (Å²) in [5.41, 5.74) is 1.31. The van der Waals surface area contributed by atoms with Crippen molar-refractivity contribution >= 4 is 17.9 Å². The molecule has 3 amide bonds. The second kappa shape index (κ2) is 11.2. The van der Waals surface area contributed by atoms with E-state index in [1.807, 2.05) is 24.3 Å². The van der Waals surface area contributed by atoms with Gasteiger partial charge in [0.25, 0.3) is 0 Å². The van der Waals surface area contributed by atoms with Crippen molar-refractivity contribution in [3.63, 3.8) is 0 Å². The molecule has 0 aromatic heterocycles. The minimum Gasteiger partial charge on any atom is -0.444 e. The molecule has 1 saturated carbocycles. The van der Waals surface area contributed by atoms with Gasteiger partial charge in [-0.3, -0.25) is 9.59 Å². The van der Waals surface area contributed by atoms with Gasteiger partial charge in [0.15, 0.2) is 0 Å². The van der Waals surface area contributed by atoms with E-state index in [1.165, 1.54) is 5.56 Å². The second-order valence-corrected chi connectivity index (χ2v) is 9.03. The van der Waals surface area contributed by atoms with Crippen LogP contribution in [-0.2, 0) is 20.7 Å². The molecule has 1 aliphatic rings. The number of ether oxygens (including phenoxy) is 1. The molecule has 7 heteroatoms. The van der Waals surface area contributed by atoms with Crippen LogP contribution < -0.4 is 10.6 Å². The van der Waals surface area contributed by atoms with Crippen molar-refractivity contribution in [2.75, 3.05) is 13.1 Å². The number of alkyl carbamates (subject to hydrolysis) is 1. The molecule has 31 heavy (non-hydrogen) atoms. The lowest BCUT2D eigenvalue weighted by Gasteiger charge is -2.32. The van der Waals surface area contributed by atoms with Gasteiger partial charge in [-0.1, -0.05) is 44.5 Å². The summed E-state index contributed by atoms with van der Waals surface area (Å²) in [7, 11) is 0. The van der Waals surface area contributed by atoms with E-state index in [2.05, 4.69) is 24.5 Å². The Hall–Kier alpha value is -2.57. The maximum Gasteiger partial charge on any atom is 0.408 e. The van der Waals surface area contributed by atoms with E-state index in [4.69, 9.17) is 4.74 Å². The summed E-state index contributed by atoms with van der Waals surface area (Å²) in [6, 6.07) is 7.12. The lowest BCUT2D eigenvalue weighted by molar-refractivity contribution is -0.140. The summed E-state index contributed by atoms with van der Waals surface area (Å²) in [6.07, 6.45) is 3.81. The predicted octanol–water partition coefficient (Wildman–Crippen LogP) is 3.72. The summed E-state index contributed by atoms with van der Waals surface area (Å²) in [5.74, 6) is -0.473. The molecule has 0 saturated heterocycles. The molecule has 0 spiro atoms. The first kappa shape index (κ1) is 24.7. The van der Waals surface area contributed by atoms with Crippen molar-refractivity contribution in [2.45, 2.75) is 84.4 Å². The van der Waals surface area contributed by atoms with Crippen LogP contribution in [0.15, 0.2) is 24.3 Å². The lowest BCUT2D eigenvalue weighted by Crippen LogP contribution is -2.49. The lowest BCUT2D eigenvalue weighted by atomic mass is 10.0. The number of hydrogen-bond acceptors (Lipinski definition) is 4. The number of benzene rings is 1. The number of hydrogen-bond donors (Lipinski definition) is 2. The van der Waals surface area contributed by atoms with Crippen LogP contribution >= 0.6 is 0 Å². The van der Waals surface area contributed by atoms with E-state index >= 15 is 0 Å². The molecule has 1 aliphatic carbocycles. The molecule has 0 radical (unpaired) electrons. The van der Waals surface area contributed by atoms with Crippen LogP contribution in [0.4, 0.5) is 4.79 Å². The highest BCUT2D eigenvalue weighted by Crippen LogP contribution is 2.35. The second-order valence-electron chi connectivity index (χ2n) is 9.03. The average molecular weight is 432 g/mol. The van der Waals surface area contributed by atoms with Gasteiger partial charge in [0, 0.05) is 12.6 Å². The van der Waals surface area contributed by atoms with E-state index < -0.39 is 17.7 Å². The molecule has 1 unspecified atom stereocenters. The zero-order valence-corrected chi connectivity index (χ0v) is 19.5. The Kier molecular flexibility index (Phi) is 8.89. The smallest absolute Gasteiger partial charge is 0.408 e. The van der Waals surface area contributed by atoms with Crippen molar-refractivity contribution in [3.05, 3.63) is 35.4 Å². The molecule has 1 aromatic carbocycles. The van der Waals surface area contributed by atoms with Gasteiger partial charge >= 0.3 is 6.09 Å². The van der Waals surface area contributed by atoms with Crippen molar-refractivity contribution in [2.24, 2.45) is 0 Å².